The van der Waals surface area contributed by atoms with E-state index < -0.39 is 9.84 Å². The van der Waals surface area contributed by atoms with E-state index in [-0.39, 0.29) is 0 Å². The number of hydrogen-bond donors (Lipinski definition) is 0. The summed E-state index contributed by atoms with van der Waals surface area (Å²) >= 11 is 0. The Balaban J connectivity index is 1.45. The Bertz CT molecular complexity index is 1350. The lowest BCUT2D eigenvalue weighted by Gasteiger charge is -2.34. The first kappa shape index (κ1) is 20.7. The van der Waals surface area contributed by atoms with Crippen molar-refractivity contribution < 1.29 is 8.42 Å². The smallest absolute Gasteiger partial charge is 0.182 e. The van der Waals surface area contributed by atoms with Gasteiger partial charge in [0, 0.05) is 49.2 Å². The molecule has 0 saturated carbocycles. The average molecular weight is 448 g/mol. The van der Waals surface area contributed by atoms with E-state index in [2.05, 4.69) is 41.1 Å². The number of rotatable bonds is 4. The van der Waals surface area contributed by atoms with Crippen molar-refractivity contribution in [2.75, 3.05) is 44.4 Å². The lowest BCUT2D eigenvalue weighted by atomic mass is 10.1. The molecule has 0 unspecified atom stereocenters. The molecule has 1 aliphatic heterocycles. The number of piperazine rings is 1. The van der Waals surface area contributed by atoms with Crippen LogP contribution in [0.1, 0.15) is 0 Å². The van der Waals surface area contributed by atoms with Gasteiger partial charge in [-0.3, -0.25) is 0 Å². The normalized spacial score (nSPS) is 15.4. The molecular weight excluding hydrogens is 422 g/mol. The minimum Gasteiger partial charge on any atom is -0.369 e. The Morgan fingerprint density at radius 1 is 0.812 bits per heavy atom. The van der Waals surface area contributed by atoms with Crippen molar-refractivity contribution in [2.24, 2.45) is 0 Å². The number of sulfone groups is 1. The molecule has 0 aliphatic carbocycles. The zero-order valence-corrected chi connectivity index (χ0v) is 19.0. The summed E-state index contributed by atoms with van der Waals surface area (Å²) in [5.74, 6) is 0.662. The summed E-state index contributed by atoms with van der Waals surface area (Å²) in [6.45, 7) is 4.21. The number of hydrogen-bond acceptors (Lipinski definition) is 6. The van der Waals surface area contributed by atoms with Crippen LogP contribution < -0.4 is 4.90 Å². The molecule has 164 valence electrons. The summed E-state index contributed by atoms with van der Waals surface area (Å²) < 4.78 is 25.3. The molecule has 0 amide bonds. The van der Waals surface area contributed by atoms with Crippen LogP contribution in [0.3, 0.4) is 0 Å². The molecule has 1 aliphatic rings. The van der Waals surface area contributed by atoms with Gasteiger partial charge in [-0.1, -0.05) is 18.2 Å². The second kappa shape index (κ2) is 8.03. The fourth-order valence-corrected chi connectivity index (χ4v) is 4.64. The van der Waals surface area contributed by atoms with Crippen LogP contribution in [0.2, 0.25) is 0 Å². The molecule has 3 heterocycles. The summed E-state index contributed by atoms with van der Waals surface area (Å²) in [4.78, 5) is 9.76. The Kier molecular flexibility index (Phi) is 5.19. The van der Waals surface area contributed by atoms with Crippen LogP contribution in [-0.4, -0.2) is 67.4 Å². The molecule has 32 heavy (non-hydrogen) atoms. The van der Waals surface area contributed by atoms with Gasteiger partial charge in [0.1, 0.15) is 0 Å². The Morgan fingerprint density at radius 3 is 2.12 bits per heavy atom. The van der Waals surface area contributed by atoms with E-state index in [0.29, 0.717) is 10.7 Å². The molecule has 0 bridgehead atoms. The van der Waals surface area contributed by atoms with E-state index in [0.717, 1.165) is 48.6 Å². The van der Waals surface area contributed by atoms with Gasteiger partial charge in [0.2, 0.25) is 0 Å². The summed E-state index contributed by atoms with van der Waals surface area (Å²) in [6.07, 6.45) is 1.21. The van der Waals surface area contributed by atoms with E-state index >= 15 is 0 Å². The van der Waals surface area contributed by atoms with Crippen LogP contribution >= 0.6 is 0 Å². The van der Waals surface area contributed by atoms with E-state index in [9.17, 15) is 8.42 Å². The van der Waals surface area contributed by atoms with Crippen molar-refractivity contribution in [3.8, 4) is 22.6 Å². The molecule has 4 aromatic rings. The molecule has 7 nitrogen and oxygen atoms in total. The lowest BCUT2D eigenvalue weighted by Crippen LogP contribution is -2.44. The number of fused-ring (bicyclic) bond motifs is 1. The minimum absolute atomic E-state index is 0.299. The van der Waals surface area contributed by atoms with Gasteiger partial charge in [-0.2, -0.15) is 0 Å². The summed E-state index contributed by atoms with van der Waals surface area (Å²) in [6, 6.07) is 21.1. The highest BCUT2D eigenvalue weighted by Gasteiger charge is 2.15. The SMILES string of the molecule is CN1CCN(c2ccc(-c3nc4cccc(-c5ccc(S(C)(=O)=O)cc5)n4n3)cc2)CC1. The molecule has 2 aromatic carbocycles. The van der Waals surface area contributed by atoms with Gasteiger partial charge >= 0.3 is 0 Å². The number of anilines is 1. The molecule has 5 rings (SSSR count). The van der Waals surface area contributed by atoms with Crippen molar-refractivity contribution in [1.29, 1.82) is 0 Å². The molecule has 0 N–H and O–H groups in total. The second-order valence-corrected chi connectivity index (χ2v) is 10.3. The van der Waals surface area contributed by atoms with E-state index in [1.165, 1.54) is 11.9 Å². The van der Waals surface area contributed by atoms with Crippen LogP contribution in [0, 0.1) is 0 Å². The van der Waals surface area contributed by atoms with E-state index in [4.69, 9.17) is 10.1 Å². The average Bonchev–Trinajstić information content (AvgIpc) is 3.24. The zero-order valence-electron chi connectivity index (χ0n) is 18.1. The standard InChI is InChI=1S/C24H25N5O2S/c1-27-14-16-28(17-15-27)20-10-6-19(7-11-20)24-25-23-5-3-4-22(29(23)26-24)18-8-12-21(13-9-18)32(2,30)31/h3-13H,14-17H2,1-2H3. The highest BCUT2D eigenvalue weighted by atomic mass is 32.2. The van der Waals surface area contributed by atoms with Crippen molar-refractivity contribution >= 4 is 21.2 Å². The first-order chi connectivity index (χ1) is 15.4. The van der Waals surface area contributed by atoms with Crippen molar-refractivity contribution in [3.05, 3.63) is 66.7 Å². The predicted molar refractivity (Wildman–Crippen MR) is 127 cm³/mol. The fourth-order valence-electron chi connectivity index (χ4n) is 4.00. The van der Waals surface area contributed by atoms with Crippen LogP contribution in [-0.2, 0) is 9.84 Å². The van der Waals surface area contributed by atoms with Crippen LogP contribution in [0.25, 0.3) is 28.3 Å². The predicted octanol–water partition coefficient (Wildman–Crippen LogP) is 3.22. The van der Waals surface area contributed by atoms with Gasteiger partial charge in [0.15, 0.2) is 21.3 Å². The maximum Gasteiger partial charge on any atom is 0.182 e. The van der Waals surface area contributed by atoms with E-state index in [1.54, 1.807) is 28.8 Å². The molecule has 8 heteroatoms. The third kappa shape index (κ3) is 3.99. The molecular formula is C24H25N5O2S. The Morgan fingerprint density at radius 2 is 1.47 bits per heavy atom. The first-order valence-corrected chi connectivity index (χ1v) is 12.5. The summed E-state index contributed by atoms with van der Waals surface area (Å²) in [5.41, 5.74) is 4.66. The van der Waals surface area contributed by atoms with Gasteiger partial charge in [0.25, 0.3) is 0 Å². The molecule has 2 aromatic heterocycles. The maximum atomic E-state index is 11.8. The molecule has 1 saturated heterocycles. The molecule has 0 spiro atoms. The fraction of sp³-hybridized carbons (Fsp3) is 0.250. The molecule has 1 fully saturated rings. The highest BCUT2D eigenvalue weighted by Crippen LogP contribution is 2.26. The third-order valence-corrected chi connectivity index (χ3v) is 7.06. The number of pyridine rings is 1. The lowest BCUT2D eigenvalue weighted by molar-refractivity contribution is 0.313. The zero-order chi connectivity index (χ0) is 22.3. The Labute approximate surface area is 187 Å². The quantitative estimate of drug-likeness (QED) is 0.478. The third-order valence-electron chi connectivity index (χ3n) is 5.93. The van der Waals surface area contributed by atoms with Gasteiger partial charge in [0.05, 0.1) is 10.6 Å². The Hall–Kier alpha value is -3.23. The van der Waals surface area contributed by atoms with Crippen LogP contribution in [0.5, 0.6) is 0 Å². The summed E-state index contributed by atoms with van der Waals surface area (Å²) in [5, 5.41) is 4.75. The van der Waals surface area contributed by atoms with Gasteiger partial charge in [-0.25, -0.2) is 17.9 Å². The topological polar surface area (TPSA) is 70.8 Å². The maximum absolute atomic E-state index is 11.8. The molecule has 0 atom stereocenters. The van der Waals surface area contributed by atoms with Crippen molar-refractivity contribution in [3.63, 3.8) is 0 Å². The van der Waals surface area contributed by atoms with Gasteiger partial charge in [-0.15, -0.1) is 5.10 Å². The largest absolute Gasteiger partial charge is 0.369 e. The first-order valence-electron chi connectivity index (χ1n) is 10.6. The van der Waals surface area contributed by atoms with Crippen LogP contribution in [0.4, 0.5) is 5.69 Å². The highest BCUT2D eigenvalue weighted by molar-refractivity contribution is 7.90. The number of likely N-dealkylation sites (N-methyl/N-ethyl adjacent to an activating group) is 1. The number of benzene rings is 2. The number of aromatic nitrogens is 3. The molecule has 0 radical (unpaired) electrons. The van der Waals surface area contributed by atoms with Crippen molar-refractivity contribution in [1.82, 2.24) is 19.5 Å². The minimum atomic E-state index is -3.23. The van der Waals surface area contributed by atoms with Crippen LogP contribution in [0.15, 0.2) is 71.6 Å². The monoisotopic (exact) mass is 447 g/mol. The number of nitrogens with zero attached hydrogens (tertiary/aromatic N) is 5. The van der Waals surface area contributed by atoms with Crippen molar-refractivity contribution in [2.45, 2.75) is 4.90 Å². The van der Waals surface area contributed by atoms with E-state index in [1.807, 2.05) is 18.2 Å². The second-order valence-electron chi connectivity index (χ2n) is 8.25. The summed E-state index contributed by atoms with van der Waals surface area (Å²) in [7, 11) is -1.07. The van der Waals surface area contributed by atoms with Gasteiger partial charge in [-0.05, 0) is 55.6 Å². The van der Waals surface area contributed by atoms with Gasteiger partial charge < -0.3 is 9.80 Å².